The van der Waals surface area contributed by atoms with E-state index in [1.807, 2.05) is 79.0 Å². The summed E-state index contributed by atoms with van der Waals surface area (Å²) in [5.74, 6) is 2.05. The first-order chi connectivity index (χ1) is 15.0. The third-order valence-corrected chi connectivity index (χ3v) is 5.12. The number of nitrogens with one attached hydrogen (secondary N) is 4. The zero-order chi connectivity index (χ0) is 21.6. The molecule has 8 heteroatoms. The second kappa shape index (κ2) is 9.27. The number of thiophene rings is 1. The first-order valence-electron chi connectivity index (χ1n) is 9.71. The second-order valence-corrected chi connectivity index (χ2v) is 7.88. The van der Waals surface area contributed by atoms with Gasteiger partial charge in [0.25, 0.3) is 0 Å². The number of hydrogen-bond donors (Lipinski definition) is 4. The summed E-state index contributed by atoms with van der Waals surface area (Å²) in [4.78, 5) is 21.0. The number of amides is 2. The van der Waals surface area contributed by atoms with Gasteiger partial charge in [0.1, 0.15) is 17.5 Å². The van der Waals surface area contributed by atoms with Crippen LogP contribution in [-0.2, 0) is 0 Å². The quantitative estimate of drug-likeness (QED) is 0.289. The summed E-state index contributed by atoms with van der Waals surface area (Å²) in [5, 5.41) is 14.9. The second-order valence-electron chi connectivity index (χ2n) is 6.94. The molecule has 0 atom stereocenters. The van der Waals surface area contributed by atoms with E-state index in [0.29, 0.717) is 23.1 Å². The molecule has 0 saturated carbocycles. The molecule has 4 N–H and O–H groups in total. The van der Waals surface area contributed by atoms with Crippen molar-refractivity contribution in [2.75, 3.05) is 21.3 Å². The van der Waals surface area contributed by atoms with Gasteiger partial charge >= 0.3 is 6.03 Å². The van der Waals surface area contributed by atoms with Crippen LogP contribution < -0.4 is 21.3 Å². The Balaban J connectivity index is 1.39. The maximum atomic E-state index is 12.0. The van der Waals surface area contributed by atoms with Gasteiger partial charge in [-0.2, -0.15) is 0 Å². The van der Waals surface area contributed by atoms with Gasteiger partial charge in [0.05, 0.1) is 5.00 Å². The lowest BCUT2D eigenvalue weighted by Gasteiger charge is -2.11. The Kier molecular flexibility index (Phi) is 6.09. The topological polar surface area (TPSA) is 91.0 Å². The van der Waals surface area contributed by atoms with Gasteiger partial charge in [0, 0.05) is 23.1 Å². The lowest BCUT2D eigenvalue weighted by Crippen LogP contribution is -2.18. The molecule has 2 aromatic carbocycles. The zero-order valence-electron chi connectivity index (χ0n) is 17.1. The first kappa shape index (κ1) is 20.4. The van der Waals surface area contributed by atoms with Gasteiger partial charge < -0.3 is 16.0 Å². The highest BCUT2D eigenvalue weighted by atomic mass is 32.1. The van der Waals surface area contributed by atoms with E-state index < -0.39 is 0 Å². The van der Waals surface area contributed by atoms with Crippen molar-refractivity contribution in [2.45, 2.75) is 13.8 Å². The zero-order valence-corrected chi connectivity index (χ0v) is 18.0. The van der Waals surface area contributed by atoms with Gasteiger partial charge in [0.15, 0.2) is 0 Å². The minimum Gasteiger partial charge on any atom is -0.340 e. The molecular formula is C23H22N6OS. The molecule has 156 valence electrons. The number of carbonyl (C=O) groups is 1. The molecule has 31 heavy (non-hydrogen) atoms. The largest absolute Gasteiger partial charge is 0.340 e. The van der Waals surface area contributed by atoms with Crippen LogP contribution in [0.1, 0.15) is 11.4 Å². The number of hydrogen-bond acceptors (Lipinski definition) is 6. The standard InChI is InChI=1S/C23H22N6OS/c1-15-5-7-17(8-6-15)26-20-14-21(25-16(2)24-20)27-18-9-11-19(12-10-18)28-23(30)29-22-4-3-13-31-22/h3-14H,1-2H3,(H2,28,29,30)(H2,24,25,26,27). The Morgan fingerprint density at radius 1 is 0.774 bits per heavy atom. The summed E-state index contributed by atoms with van der Waals surface area (Å²) in [6.45, 7) is 3.91. The van der Waals surface area contributed by atoms with Crippen LogP contribution in [0, 0.1) is 13.8 Å². The maximum Gasteiger partial charge on any atom is 0.324 e. The number of aryl methyl sites for hydroxylation is 2. The molecule has 2 aromatic heterocycles. The molecule has 0 radical (unpaired) electrons. The average Bonchev–Trinajstić information content (AvgIpc) is 3.24. The van der Waals surface area contributed by atoms with Crippen molar-refractivity contribution >= 4 is 51.1 Å². The highest BCUT2D eigenvalue weighted by Crippen LogP contribution is 2.22. The lowest BCUT2D eigenvalue weighted by molar-refractivity contribution is 0.262. The third kappa shape index (κ3) is 5.80. The summed E-state index contributed by atoms with van der Waals surface area (Å²) < 4.78 is 0. The molecule has 0 bridgehead atoms. The molecule has 2 heterocycles. The Morgan fingerprint density at radius 2 is 1.35 bits per heavy atom. The van der Waals surface area contributed by atoms with E-state index in [-0.39, 0.29) is 6.03 Å². The Hall–Kier alpha value is -3.91. The summed E-state index contributed by atoms with van der Waals surface area (Å²) in [6.07, 6.45) is 0. The molecule has 0 spiro atoms. The fourth-order valence-corrected chi connectivity index (χ4v) is 3.50. The molecule has 0 saturated heterocycles. The van der Waals surface area contributed by atoms with E-state index in [1.54, 1.807) is 0 Å². The monoisotopic (exact) mass is 430 g/mol. The number of rotatable bonds is 6. The van der Waals surface area contributed by atoms with Crippen molar-refractivity contribution in [3.63, 3.8) is 0 Å². The van der Waals surface area contributed by atoms with Gasteiger partial charge in [-0.15, -0.1) is 11.3 Å². The van der Waals surface area contributed by atoms with Crippen LogP contribution in [0.2, 0.25) is 0 Å². The number of anilines is 6. The minimum atomic E-state index is -0.276. The minimum absolute atomic E-state index is 0.276. The van der Waals surface area contributed by atoms with Crippen LogP contribution in [0.5, 0.6) is 0 Å². The molecule has 0 fully saturated rings. The van der Waals surface area contributed by atoms with E-state index in [9.17, 15) is 4.79 Å². The van der Waals surface area contributed by atoms with Crippen molar-refractivity contribution in [1.29, 1.82) is 0 Å². The smallest absolute Gasteiger partial charge is 0.324 e. The predicted molar refractivity (Wildman–Crippen MR) is 128 cm³/mol. The van der Waals surface area contributed by atoms with Crippen LogP contribution in [-0.4, -0.2) is 16.0 Å². The van der Waals surface area contributed by atoms with E-state index in [2.05, 4.69) is 38.2 Å². The van der Waals surface area contributed by atoms with Crippen molar-refractivity contribution in [1.82, 2.24) is 9.97 Å². The fourth-order valence-electron chi connectivity index (χ4n) is 2.89. The summed E-state index contributed by atoms with van der Waals surface area (Å²) >= 11 is 1.47. The molecule has 0 aliphatic heterocycles. The van der Waals surface area contributed by atoms with Crippen molar-refractivity contribution in [3.8, 4) is 0 Å². The molecule has 4 rings (SSSR count). The molecule has 0 aliphatic rings. The summed E-state index contributed by atoms with van der Waals surface area (Å²) in [5.41, 5.74) is 3.71. The Labute approximate surface area is 184 Å². The van der Waals surface area contributed by atoms with Crippen LogP contribution in [0.15, 0.2) is 72.1 Å². The number of carbonyl (C=O) groups excluding carboxylic acids is 1. The predicted octanol–water partition coefficient (Wildman–Crippen LogP) is 6.29. The number of nitrogens with zero attached hydrogens (tertiary/aromatic N) is 2. The van der Waals surface area contributed by atoms with Gasteiger partial charge in [-0.1, -0.05) is 17.7 Å². The maximum absolute atomic E-state index is 12.0. The molecule has 0 aliphatic carbocycles. The number of urea groups is 1. The van der Waals surface area contributed by atoms with Gasteiger partial charge in [-0.25, -0.2) is 14.8 Å². The Morgan fingerprint density at radius 3 is 1.94 bits per heavy atom. The fraction of sp³-hybridized carbons (Fsp3) is 0.0870. The lowest BCUT2D eigenvalue weighted by atomic mass is 10.2. The van der Waals surface area contributed by atoms with E-state index >= 15 is 0 Å². The highest BCUT2D eigenvalue weighted by molar-refractivity contribution is 7.14. The van der Waals surface area contributed by atoms with Crippen molar-refractivity contribution < 1.29 is 4.79 Å². The number of aromatic nitrogens is 2. The van der Waals surface area contributed by atoms with E-state index in [4.69, 9.17) is 0 Å². The van der Waals surface area contributed by atoms with Crippen LogP contribution in [0.4, 0.5) is 38.5 Å². The van der Waals surface area contributed by atoms with Gasteiger partial charge in [-0.3, -0.25) is 5.32 Å². The molecule has 7 nitrogen and oxygen atoms in total. The summed E-state index contributed by atoms with van der Waals surface area (Å²) in [7, 11) is 0. The molecule has 0 unspecified atom stereocenters. The van der Waals surface area contributed by atoms with Crippen molar-refractivity contribution in [2.24, 2.45) is 0 Å². The van der Waals surface area contributed by atoms with E-state index in [1.165, 1.54) is 16.9 Å². The van der Waals surface area contributed by atoms with Crippen LogP contribution in [0.3, 0.4) is 0 Å². The average molecular weight is 431 g/mol. The molecule has 4 aromatic rings. The number of benzene rings is 2. The Bertz CT molecular complexity index is 1160. The van der Waals surface area contributed by atoms with Crippen LogP contribution >= 0.6 is 11.3 Å². The van der Waals surface area contributed by atoms with Gasteiger partial charge in [-0.05, 0) is 67.8 Å². The third-order valence-electron chi connectivity index (χ3n) is 4.34. The molecular weight excluding hydrogens is 408 g/mol. The van der Waals surface area contributed by atoms with E-state index in [0.717, 1.165) is 16.4 Å². The highest BCUT2D eigenvalue weighted by Gasteiger charge is 2.06. The van der Waals surface area contributed by atoms with Crippen molar-refractivity contribution in [3.05, 3.63) is 83.5 Å². The first-order valence-corrected chi connectivity index (χ1v) is 10.6. The molecule has 2 amide bonds. The van der Waals surface area contributed by atoms with Crippen LogP contribution in [0.25, 0.3) is 0 Å². The van der Waals surface area contributed by atoms with Gasteiger partial charge in [0.2, 0.25) is 0 Å². The normalized spacial score (nSPS) is 10.4. The SMILES string of the molecule is Cc1ccc(Nc2cc(Nc3ccc(NC(=O)Nc4cccs4)cc3)nc(C)n2)cc1. The summed E-state index contributed by atoms with van der Waals surface area (Å²) in [6, 6.07) is 20.9.